The molecule has 0 aliphatic carbocycles. The van der Waals surface area contributed by atoms with Crippen LogP contribution in [0.1, 0.15) is 41.0 Å². The lowest BCUT2D eigenvalue weighted by molar-refractivity contribution is 0.0705. The van der Waals surface area contributed by atoms with E-state index < -0.39 is 5.91 Å². The maximum absolute atomic E-state index is 11.8. The van der Waals surface area contributed by atoms with E-state index in [1.807, 2.05) is 24.4 Å². The molecule has 0 fully saturated rings. The predicted octanol–water partition coefficient (Wildman–Crippen LogP) is 2.83. The summed E-state index contributed by atoms with van der Waals surface area (Å²) < 4.78 is 0. The lowest BCUT2D eigenvalue weighted by Crippen LogP contribution is -2.35. The number of aryl methyl sites for hydroxylation is 1. The third-order valence-electron chi connectivity index (χ3n) is 4.01. The Kier molecular flexibility index (Phi) is 3.22. The van der Waals surface area contributed by atoms with E-state index in [-0.39, 0.29) is 5.54 Å². The second-order valence-corrected chi connectivity index (χ2v) is 6.53. The van der Waals surface area contributed by atoms with Crippen molar-refractivity contribution in [3.63, 3.8) is 0 Å². The van der Waals surface area contributed by atoms with Crippen LogP contribution in [0.5, 0.6) is 0 Å². The molecule has 110 valence electrons. The van der Waals surface area contributed by atoms with Gasteiger partial charge in [0.15, 0.2) is 5.13 Å². The van der Waals surface area contributed by atoms with Gasteiger partial charge in [0.2, 0.25) is 0 Å². The highest BCUT2D eigenvalue weighted by molar-refractivity contribution is 7.13. The van der Waals surface area contributed by atoms with E-state index in [2.05, 4.69) is 23.7 Å². The number of nitrogens with one attached hydrogen (secondary N) is 1. The van der Waals surface area contributed by atoms with E-state index in [4.69, 9.17) is 5.21 Å². The molecule has 0 saturated heterocycles. The van der Waals surface area contributed by atoms with Gasteiger partial charge < -0.3 is 4.90 Å². The number of hydrogen-bond donors (Lipinski definition) is 2. The normalized spacial score (nSPS) is 15.9. The number of thiazole rings is 1. The molecule has 1 aromatic carbocycles. The minimum Gasteiger partial charge on any atom is -0.335 e. The number of carbonyl (C=O) groups excluding carboxylic acids is 1. The average Bonchev–Trinajstić information content (AvgIpc) is 2.99. The van der Waals surface area contributed by atoms with Gasteiger partial charge in [0.1, 0.15) is 0 Å². The van der Waals surface area contributed by atoms with Crippen LogP contribution < -0.4 is 10.4 Å². The van der Waals surface area contributed by atoms with Crippen LogP contribution in [0.25, 0.3) is 0 Å². The number of rotatable bonds is 2. The molecule has 0 atom stereocenters. The smallest absolute Gasteiger partial charge is 0.274 e. The first-order valence-electron chi connectivity index (χ1n) is 6.71. The first-order chi connectivity index (χ1) is 9.95. The van der Waals surface area contributed by atoms with Gasteiger partial charge in [0, 0.05) is 17.5 Å². The number of amides is 1. The molecule has 3 rings (SSSR count). The fraction of sp³-hybridized carbons (Fsp3) is 0.333. The monoisotopic (exact) mass is 303 g/mol. The number of hydrogen-bond acceptors (Lipinski definition) is 5. The highest BCUT2D eigenvalue weighted by atomic mass is 32.1. The first-order valence-corrected chi connectivity index (χ1v) is 7.59. The van der Waals surface area contributed by atoms with Crippen molar-refractivity contribution in [3.05, 3.63) is 46.0 Å². The Morgan fingerprint density at radius 3 is 2.86 bits per heavy atom. The molecule has 2 N–H and O–H groups in total. The molecule has 21 heavy (non-hydrogen) atoms. The van der Waals surface area contributed by atoms with Gasteiger partial charge in [-0.1, -0.05) is 12.1 Å². The molecule has 2 heterocycles. The molecule has 1 aliphatic heterocycles. The SMILES string of the molecule is Cc1csc(N2Cc3c(C(=O)NO)cccc3C2(C)C)n1. The molecule has 1 aliphatic rings. The zero-order valence-electron chi connectivity index (χ0n) is 12.2. The van der Waals surface area contributed by atoms with Crippen molar-refractivity contribution in [2.75, 3.05) is 4.90 Å². The topological polar surface area (TPSA) is 65.5 Å². The summed E-state index contributed by atoms with van der Waals surface area (Å²) in [6, 6.07) is 5.61. The molecule has 0 bridgehead atoms. The highest BCUT2D eigenvalue weighted by Crippen LogP contribution is 2.43. The van der Waals surface area contributed by atoms with E-state index in [0.717, 1.165) is 22.0 Å². The Bertz CT molecular complexity index is 709. The molecule has 5 nitrogen and oxygen atoms in total. The van der Waals surface area contributed by atoms with Gasteiger partial charge in [-0.3, -0.25) is 10.0 Å². The van der Waals surface area contributed by atoms with Crippen LogP contribution in [0.15, 0.2) is 23.6 Å². The number of aromatic nitrogens is 1. The van der Waals surface area contributed by atoms with Gasteiger partial charge in [-0.25, -0.2) is 10.5 Å². The molecular formula is C15H17N3O2S. The Morgan fingerprint density at radius 1 is 1.48 bits per heavy atom. The van der Waals surface area contributed by atoms with Crippen LogP contribution in [0.2, 0.25) is 0 Å². The summed E-state index contributed by atoms with van der Waals surface area (Å²) >= 11 is 1.60. The summed E-state index contributed by atoms with van der Waals surface area (Å²) in [4.78, 5) is 18.6. The maximum Gasteiger partial charge on any atom is 0.274 e. The van der Waals surface area contributed by atoms with Crippen molar-refractivity contribution < 1.29 is 10.0 Å². The summed E-state index contributed by atoms with van der Waals surface area (Å²) in [7, 11) is 0. The van der Waals surface area contributed by atoms with Gasteiger partial charge >= 0.3 is 0 Å². The van der Waals surface area contributed by atoms with E-state index in [1.54, 1.807) is 22.9 Å². The molecular weight excluding hydrogens is 286 g/mol. The van der Waals surface area contributed by atoms with Crippen molar-refractivity contribution in [1.82, 2.24) is 10.5 Å². The minimum absolute atomic E-state index is 0.245. The molecule has 0 saturated carbocycles. The molecule has 0 spiro atoms. The van der Waals surface area contributed by atoms with Crippen LogP contribution in [0.4, 0.5) is 5.13 Å². The second kappa shape index (κ2) is 4.82. The highest BCUT2D eigenvalue weighted by Gasteiger charge is 2.40. The van der Waals surface area contributed by atoms with Crippen LogP contribution >= 0.6 is 11.3 Å². The van der Waals surface area contributed by atoms with E-state index in [1.165, 1.54) is 0 Å². The largest absolute Gasteiger partial charge is 0.335 e. The van der Waals surface area contributed by atoms with Crippen molar-refractivity contribution in [3.8, 4) is 0 Å². The quantitative estimate of drug-likeness (QED) is 0.661. The molecule has 6 heteroatoms. The van der Waals surface area contributed by atoms with E-state index in [9.17, 15) is 4.79 Å². The number of nitrogens with zero attached hydrogens (tertiary/aromatic N) is 2. The summed E-state index contributed by atoms with van der Waals surface area (Å²) in [5, 5.41) is 11.9. The zero-order valence-corrected chi connectivity index (χ0v) is 13.0. The minimum atomic E-state index is -0.472. The van der Waals surface area contributed by atoms with Crippen LogP contribution in [-0.2, 0) is 12.1 Å². The first kappa shape index (κ1) is 14.0. The third kappa shape index (κ3) is 2.11. The summed E-state index contributed by atoms with van der Waals surface area (Å²) in [6.07, 6.45) is 0. The molecule has 1 amide bonds. The number of hydroxylamine groups is 1. The third-order valence-corrected chi connectivity index (χ3v) is 4.99. The lowest BCUT2D eigenvalue weighted by Gasteiger charge is -2.32. The number of anilines is 1. The van der Waals surface area contributed by atoms with Gasteiger partial charge in [-0.15, -0.1) is 11.3 Å². The van der Waals surface area contributed by atoms with Crippen molar-refractivity contribution in [2.45, 2.75) is 32.9 Å². The Morgan fingerprint density at radius 2 is 2.24 bits per heavy atom. The van der Waals surface area contributed by atoms with Crippen molar-refractivity contribution in [2.24, 2.45) is 0 Å². The number of carbonyl (C=O) groups is 1. The number of fused-ring (bicyclic) bond motifs is 1. The average molecular weight is 303 g/mol. The Labute approximate surface area is 127 Å². The molecule has 2 aromatic rings. The van der Waals surface area contributed by atoms with Crippen LogP contribution in [-0.4, -0.2) is 16.1 Å². The van der Waals surface area contributed by atoms with Gasteiger partial charge in [-0.05, 0) is 38.0 Å². The second-order valence-electron chi connectivity index (χ2n) is 5.69. The summed E-state index contributed by atoms with van der Waals surface area (Å²) in [6.45, 7) is 6.83. The van der Waals surface area contributed by atoms with Gasteiger partial charge in [0.25, 0.3) is 5.91 Å². The fourth-order valence-electron chi connectivity index (χ4n) is 2.88. The van der Waals surface area contributed by atoms with Gasteiger partial charge in [0.05, 0.1) is 11.2 Å². The van der Waals surface area contributed by atoms with Crippen LogP contribution in [0.3, 0.4) is 0 Å². The Hall–Kier alpha value is -1.92. The fourth-order valence-corrected chi connectivity index (χ4v) is 3.82. The molecule has 1 aromatic heterocycles. The molecule has 0 radical (unpaired) electrons. The maximum atomic E-state index is 11.8. The van der Waals surface area contributed by atoms with E-state index >= 15 is 0 Å². The Balaban J connectivity index is 2.10. The van der Waals surface area contributed by atoms with Crippen molar-refractivity contribution in [1.29, 1.82) is 0 Å². The summed E-state index contributed by atoms with van der Waals surface area (Å²) in [5.74, 6) is -0.472. The lowest BCUT2D eigenvalue weighted by atomic mass is 9.91. The standard InChI is InChI=1S/C15H17N3O2S/c1-9-8-21-14(16-9)18-7-11-10(13(19)17-20)5-4-6-12(11)15(18,2)3/h4-6,8,20H,7H2,1-3H3,(H,17,19). The van der Waals surface area contributed by atoms with E-state index in [0.29, 0.717) is 12.1 Å². The summed E-state index contributed by atoms with van der Waals surface area (Å²) in [5.41, 5.74) is 5.03. The molecule has 0 unspecified atom stereocenters. The zero-order chi connectivity index (χ0) is 15.2. The van der Waals surface area contributed by atoms with Gasteiger partial charge in [-0.2, -0.15) is 0 Å². The predicted molar refractivity (Wildman–Crippen MR) is 81.8 cm³/mol. The number of benzene rings is 1. The van der Waals surface area contributed by atoms with Crippen LogP contribution in [0, 0.1) is 6.92 Å². The van der Waals surface area contributed by atoms with Crippen molar-refractivity contribution >= 4 is 22.4 Å².